The van der Waals surface area contributed by atoms with Crippen molar-refractivity contribution in [3.63, 3.8) is 0 Å². The van der Waals surface area contributed by atoms with Gasteiger partial charge < -0.3 is 20.3 Å². The Labute approximate surface area is 175 Å². The number of ether oxygens (including phenoxy) is 1. The molecule has 1 aliphatic rings. The Hall–Kier alpha value is -3.20. The third-order valence-corrected chi connectivity index (χ3v) is 5.29. The van der Waals surface area contributed by atoms with Crippen LogP contribution in [-0.4, -0.2) is 57.9 Å². The number of anilines is 2. The number of methoxy groups -OCH3 is 1. The van der Waals surface area contributed by atoms with Crippen LogP contribution < -0.4 is 20.3 Å². The first kappa shape index (κ1) is 20.1. The van der Waals surface area contributed by atoms with Crippen molar-refractivity contribution >= 4 is 28.2 Å². The van der Waals surface area contributed by atoms with Crippen LogP contribution in [0.5, 0.6) is 6.01 Å². The number of carbonyl (C=O) groups excluding carboxylic acids is 1. The normalized spacial score (nSPS) is 19.2. The molecule has 1 amide bonds. The Kier molecular flexibility index (Phi) is 5.29. The lowest BCUT2D eigenvalue weighted by molar-refractivity contribution is 0.102. The molecule has 30 heavy (non-hydrogen) atoms. The van der Waals surface area contributed by atoms with Crippen LogP contribution in [0.2, 0.25) is 0 Å². The van der Waals surface area contributed by atoms with E-state index in [1.54, 1.807) is 17.1 Å². The lowest BCUT2D eigenvalue weighted by atomic mass is 10.0. The highest BCUT2D eigenvalue weighted by molar-refractivity contribution is 6.14. The number of hydrogen-bond donors (Lipinski definition) is 2. The van der Waals surface area contributed by atoms with Crippen molar-refractivity contribution in [2.24, 2.45) is 7.05 Å². The second-order valence-corrected chi connectivity index (χ2v) is 7.88. The third-order valence-electron chi connectivity index (χ3n) is 5.29. The highest BCUT2D eigenvalue weighted by Gasteiger charge is 2.25. The summed E-state index contributed by atoms with van der Waals surface area (Å²) in [6, 6.07) is 4.75. The van der Waals surface area contributed by atoms with Gasteiger partial charge in [-0.2, -0.15) is 10.1 Å². The number of aromatic nitrogens is 4. The van der Waals surface area contributed by atoms with Gasteiger partial charge in [0.15, 0.2) is 0 Å². The molecule has 2 atom stereocenters. The van der Waals surface area contributed by atoms with Crippen molar-refractivity contribution < 1.29 is 9.53 Å². The molecule has 2 aromatic heterocycles. The maximum absolute atomic E-state index is 13.1. The lowest BCUT2D eigenvalue weighted by Gasteiger charge is -2.38. The Morgan fingerprint density at radius 1 is 1.27 bits per heavy atom. The monoisotopic (exact) mass is 409 g/mol. The molecule has 158 valence electrons. The molecule has 3 heterocycles. The Morgan fingerprint density at radius 2 is 2.00 bits per heavy atom. The Bertz CT molecular complexity index is 1080. The van der Waals surface area contributed by atoms with Crippen LogP contribution in [-0.2, 0) is 7.05 Å². The van der Waals surface area contributed by atoms with E-state index in [-0.39, 0.29) is 11.9 Å². The quantitative estimate of drug-likeness (QED) is 0.681. The molecule has 4 rings (SSSR count). The molecule has 1 fully saturated rings. The average molecular weight is 409 g/mol. The summed E-state index contributed by atoms with van der Waals surface area (Å²) in [5.41, 5.74) is 3.47. The molecule has 3 aromatic rings. The molecule has 1 saturated heterocycles. The van der Waals surface area contributed by atoms with Crippen LogP contribution in [0.15, 0.2) is 24.5 Å². The maximum Gasteiger partial charge on any atom is 0.316 e. The third kappa shape index (κ3) is 3.80. The van der Waals surface area contributed by atoms with E-state index in [1.165, 1.54) is 7.11 Å². The Morgan fingerprint density at radius 3 is 2.63 bits per heavy atom. The minimum Gasteiger partial charge on any atom is -0.467 e. The topological polar surface area (TPSA) is 97.2 Å². The smallest absolute Gasteiger partial charge is 0.316 e. The van der Waals surface area contributed by atoms with Crippen molar-refractivity contribution in [3.05, 3.63) is 35.8 Å². The zero-order valence-corrected chi connectivity index (χ0v) is 17.9. The van der Waals surface area contributed by atoms with Crippen molar-refractivity contribution in [3.8, 4) is 6.01 Å². The Balaban J connectivity index is 1.77. The number of rotatable bonds is 4. The molecule has 0 radical (unpaired) electrons. The first-order valence-corrected chi connectivity index (χ1v) is 10.0. The van der Waals surface area contributed by atoms with Gasteiger partial charge in [0, 0.05) is 55.7 Å². The highest BCUT2D eigenvalue weighted by atomic mass is 16.5. The van der Waals surface area contributed by atoms with Gasteiger partial charge in [-0.25, -0.2) is 4.98 Å². The molecule has 0 aliphatic carbocycles. The number of piperazine rings is 1. The molecule has 0 spiro atoms. The number of amides is 1. The van der Waals surface area contributed by atoms with Gasteiger partial charge in [-0.1, -0.05) is 0 Å². The lowest BCUT2D eigenvalue weighted by Crippen LogP contribution is -2.54. The van der Waals surface area contributed by atoms with Gasteiger partial charge in [0.25, 0.3) is 5.91 Å². The fourth-order valence-electron chi connectivity index (χ4n) is 4.08. The van der Waals surface area contributed by atoms with Crippen molar-refractivity contribution in [1.82, 2.24) is 25.1 Å². The summed E-state index contributed by atoms with van der Waals surface area (Å²) in [5, 5.41) is 11.6. The summed E-state index contributed by atoms with van der Waals surface area (Å²) in [6.07, 6.45) is 3.52. The van der Waals surface area contributed by atoms with Gasteiger partial charge in [-0.05, 0) is 32.9 Å². The van der Waals surface area contributed by atoms with Gasteiger partial charge in [0.1, 0.15) is 0 Å². The molecule has 0 saturated carbocycles. The number of nitrogens with one attached hydrogen (secondary N) is 2. The van der Waals surface area contributed by atoms with E-state index in [9.17, 15) is 4.79 Å². The van der Waals surface area contributed by atoms with Crippen molar-refractivity contribution in [2.45, 2.75) is 32.9 Å². The molecule has 0 bridgehead atoms. The van der Waals surface area contributed by atoms with Crippen molar-refractivity contribution in [1.29, 1.82) is 0 Å². The molecule has 1 aliphatic heterocycles. The predicted molar refractivity (Wildman–Crippen MR) is 116 cm³/mol. The summed E-state index contributed by atoms with van der Waals surface area (Å²) in [7, 11) is 3.34. The molecule has 9 heteroatoms. The minimum atomic E-state index is -0.245. The van der Waals surface area contributed by atoms with Crippen LogP contribution in [0.3, 0.4) is 0 Å². The van der Waals surface area contributed by atoms with Gasteiger partial charge in [0.2, 0.25) is 0 Å². The molecular formula is C21H27N7O2. The molecule has 2 N–H and O–H groups in total. The number of hydrogen-bond acceptors (Lipinski definition) is 7. The van der Waals surface area contributed by atoms with Crippen LogP contribution in [0.25, 0.3) is 10.9 Å². The van der Waals surface area contributed by atoms with E-state index >= 15 is 0 Å². The van der Waals surface area contributed by atoms with E-state index < -0.39 is 0 Å². The van der Waals surface area contributed by atoms with Gasteiger partial charge in [0.05, 0.1) is 29.6 Å². The largest absolute Gasteiger partial charge is 0.467 e. The van der Waals surface area contributed by atoms with E-state index in [4.69, 9.17) is 4.74 Å². The number of aryl methyl sites for hydroxylation is 2. The summed E-state index contributed by atoms with van der Waals surface area (Å²) in [6.45, 7) is 7.93. The molecule has 1 aromatic carbocycles. The van der Waals surface area contributed by atoms with Gasteiger partial charge >= 0.3 is 6.01 Å². The number of fused-ring (bicyclic) bond motifs is 1. The second kappa shape index (κ2) is 7.91. The number of nitrogens with zero attached hydrogens (tertiary/aromatic N) is 5. The first-order valence-electron chi connectivity index (χ1n) is 10.0. The van der Waals surface area contributed by atoms with Crippen LogP contribution in [0.4, 0.5) is 11.4 Å². The zero-order chi connectivity index (χ0) is 21.4. The van der Waals surface area contributed by atoms with Crippen LogP contribution in [0, 0.1) is 6.92 Å². The SMILES string of the molecule is COc1ncc2c(N3CC(C)NC(C)C3)ccc(C(=O)Nc3cn(C)nc3C)c2n1. The predicted octanol–water partition coefficient (Wildman–Crippen LogP) is 2.12. The standard InChI is InChI=1S/C21H27N7O2/c1-12-9-28(10-13(2)23-12)18-7-6-15(19-16(18)8-22-21(25-19)30-5)20(29)24-17-11-27(4)26-14(17)3/h6-8,11-13,23H,9-10H2,1-5H3,(H,24,29). The minimum absolute atomic E-state index is 0.230. The van der Waals surface area contributed by atoms with Crippen LogP contribution in [0.1, 0.15) is 29.9 Å². The first-order chi connectivity index (χ1) is 14.4. The number of benzene rings is 1. The van der Waals surface area contributed by atoms with Crippen LogP contribution >= 0.6 is 0 Å². The van der Waals surface area contributed by atoms with Gasteiger partial charge in [-0.3, -0.25) is 9.48 Å². The van der Waals surface area contributed by atoms with E-state index in [0.717, 1.165) is 29.9 Å². The fraction of sp³-hybridized carbons (Fsp3) is 0.429. The molecular weight excluding hydrogens is 382 g/mol. The molecule has 9 nitrogen and oxygen atoms in total. The highest BCUT2D eigenvalue weighted by Crippen LogP contribution is 2.31. The van der Waals surface area contributed by atoms with E-state index in [2.05, 4.69) is 44.4 Å². The summed E-state index contributed by atoms with van der Waals surface area (Å²) in [5.74, 6) is -0.245. The fourth-order valence-corrected chi connectivity index (χ4v) is 4.08. The zero-order valence-electron chi connectivity index (χ0n) is 17.9. The maximum atomic E-state index is 13.1. The summed E-state index contributed by atoms with van der Waals surface area (Å²) >= 11 is 0. The number of carbonyl (C=O) groups is 1. The summed E-state index contributed by atoms with van der Waals surface area (Å²) in [4.78, 5) is 24.2. The second-order valence-electron chi connectivity index (χ2n) is 7.88. The van der Waals surface area contributed by atoms with E-state index in [1.807, 2.05) is 26.1 Å². The molecule has 2 unspecified atom stereocenters. The average Bonchev–Trinajstić information content (AvgIpc) is 3.02. The van der Waals surface area contributed by atoms with Crippen molar-refractivity contribution in [2.75, 3.05) is 30.4 Å². The summed E-state index contributed by atoms with van der Waals surface area (Å²) < 4.78 is 6.90. The van der Waals surface area contributed by atoms with Gasteiger partial charge in [-0.15, -0.1) is 0 Å². The van der Waals surface area contributed by atoms with E-state index in [0.29, 0.717) is 28.9 Å².